The molecular formula is C12H6F5N3O. The zero-order chi connectivity index (χ0) is 15.6. The average Bonchev–Trinajstić information content (AvgIpc) is 2.40. The summed E-state index contributed by atoms with van der Waals surface area (Å²) in [6, 6.07) is 4.35. The Bertz CT molecular complexity index is 670. The average molecular weight is 303 g/mol. The Labute approximate surface area is 114 Å². The van der Waals surface area contributed by atoms with Crippen LogP contribution in [0, 0.1) is 11.8 Å². The number of nitrogens with one attached hydrogen (secondary N) is 1. The van der Waals surface area contributed by atoms with E-state index in [2.05, 4.69) is 15.3 Å². The van der Waals surface area contributed by atoms with Gasteiger partial charge in [0.1, 0.15) is 5.82 Å². The van der Waals surface area contributed by atoms with Gasteiger partial charge < -0.3 is 5.32 Å². The molecule has 1 aromatic carbocycles. The second-order valence-corrected chi connectivity index (χ2v) is 3.85. The molecule has 110 valence electrons. The Morgan fingerprint density at radius 2 is 1.71 bits per heavy atom. The van der Waals surface area contributed by atoms with E-state index in [1.807, 2.05) is 0 Å². The van der Waals surface area contributed by atoms with Crippen LogP contribution in [0.2, 0.25) is 0 Å². The van der Waals surface area contributed by atoms with E-state index in [1.165, 1.54) is 0 Å². The van der Waals surface area contributed by atoms with Crippen molar-refractivity contribution in [3.05, 3.63) is 53.6 Å². The lowest BCUT2D eigenvalue weighted by atomic mass is 10.3. The molecule has 2 aromatic rings. The summed E-state index contributed by atoms with van der Waals surface area (Å²) < 4.78 is 63.3. The van der Waals surface area contributed by atoms with Crippen LogP contribution < -0.4 is 5.32 Å². The van der Waals surface area contributed by atoms with E-state index in [1.54, 1.807) is 0 Å². The Hall–Kier alpha value is -2.58. The van der Waals surface area contributed by atoms with Gasteiger partial charge in [-0.1, -0.05) is 0 Å². The van der Waals surface area contributed by atoms with Gasteiger partial charge in [-0.25, -0.2) is 14.4 Å². The molecule has 1 amide bonds. The third-order valence-corrected chi connectivity index (χ3v) is 2.34. The summed E-state index contributed by atoms with van der Waals surface area (Å²) in [5.74, 6) is -3.24. The molecule has 4 nitrogen and oxygen atoms in total. The number of nitrogens with zero attached hydrogens (tertiary/aromatic N) is 2. The van der Waals surface area contributed by atoms with E-state index >= 15 is 0 Å². The van der Waals surface area contributed by atoms with Crippen molar-refractivity contribution in [1.29, 1.82) is 0 Å². The summed E-state index contributed by atoms with van der Waals surface area (Å²) in [6.45, 7) is 0. The molecule has 0 aliphatic rings. The van der Waals surface area contributed by atoms with Gasteiger partial charge in [-0.05, 0) is 24.3 Å². The van der Waals surface area contributed by atoms with Crippen molar-refractivity contribution in [3.63, 3.8) is 0 Å². The van der Waals surface area contributed by atoms with E-state index in [-0.39, 0.29) is 11.9 Å². The van der Waals surface area contributed by atoms with Crippen LogP contribution in [0.4, 0.5) is 27.6 Å². The van der Waals surface area contributed by atoms with Gasteiger partial charge in [-0.3, -0.25) is 4.79 Å². The molecule has 0 aliphatic heterocycles. The highest BCUT2D eigenvalue weighted by Gasteiger charge is 2.34. The third kappa shape index (κ3) is 3.50. The predicted molar refractivity (Wildman–Crippen MR) is 61.3 cm³/mol. The minimum absolute atomic E-state index is 0.0695. The van der Waals surface area contributed by atoms with Gasteiger partial charge in [0.05, 0.1) is 6.20 Å². The molecular weight excluding hydrogens is 297 g/mol. The lowest BCUT2D eigenvalue weighted by molar-refractivity contribution is -0.141. The topological polar surface area (TPSA) is 54.9 Å². The SMILES string of the molecule is O=C(Nc1ccc(F)cc1)c1nc(C(F)(F)F)cnc1F. The molecule has 0 unspecified atom stereocenters. The predicted octanol–water partition coefficient (Wildman–Crippen LogP) is 3.03. The molecule has 0 aliphatic carbocycles. The van der Waals surface area contributed by atoms with E-state index in [0.717, 1.165) is 24.3 Å². The number of alkyl halides is 3. The minimum Gasteiger partial charge on any atom is -0.321 e. The first-order chi connectivity index (χ1) is 9.77. The maximum absolute atomic E-state index is 13.3. The molecule has 1 aromatic heterocycles. The van der Waals surface area contributed by atoms with Crippen molar-refractivity contribution in [1.82, 2.24) is 9.97 Å². The summed E-state index contributed by atoms with van der Waals surface area (Å²) in [5, 5.41) is 2.09. The van der Waals surface area contributed by atoms with Gasteiger partial charge in [-0.15, -0.1) is 0 Å². The van der Waals surface area contributed by atoms with Gasteiger partial charge in [0.25, 0.3) is 5.91 Å². The zero-order valence-electron chi connectivity index (χ0n) is 10.1. The van der Waals surface area contributed by atoms with Gasteiger partial charge >= 0.3 is 6.18 Å². The van der Waals surface area contributed by atoms with Crippen LogP contribution in [0.25, 0.3) is 0 Å². The Morgan fingerprint density at radius 3 is 2.29 bits per heavy atom. The van der Waals surface area contributed by atoms with E-state index in [0.29, 0.717) is 0 Å². The molecule has 0 atom stereocenters. The molecule has 0 fully saturated rings. The largest absolute Gasteiger partial charge is 0.434 e. The van der Waals surface area contributed by atoms with Crippen LogP contribution in [0.1, 0.15) is 16.2 Å². The van der Waals surface area contributed by atoms with Crippen LogP contribution in [-0.2, 0) is 6.18 Å². The van der Waals surface area contributed by atoms with Gasteiger partial charge in [0.15, 0.2) is 11.4 Å². The quantitative estimate of drug-likeness (QED) is 0.868. The summed E-state index contributed by atoms with van der Waals surface area (Å²) in [4.78, 5) is 17.4. The lowest BCUT2D eigenvalue weighted by Crippen LogP contribution is -2.20. The number of benzene rings is 1. The Kier molecular flexibility index (Phi) is 3.83. The van der Waals surface area contributed by atoms with Crippen LogP contribution in [-0.4, -0.2) is 15.9 Å². The monoisotopic (exact) mass is 303 g/mol. The summed E-state index contributed by atoms with van der Waals surface area (Å²) in [5.41, 5.74) is -2.53. The molecule has 0 saturated carbocycles. The fourth-order valence-corrected chi connectivity index (χ4v) is 1.38. The Morgan fingerprint density at radius 1 is 1.10 bits per heavy atom. The fraction of sp³-hybridized carbons (Fsp3) is 0.0833. The maximum Gasteiger partial charge on any atom is 0.434 e. The molecule has 0 saturated heterocycles. The number of carbonyl (C=O) groups is 1. The van der Waals surface area contributed by atoms with Crippen LogP contribution in [0.5, 0.6) is 0 Å². The first kappa shape index (κ1) is 14.8. The molecule has 0 radical (unpaired) electrons. The molecule has 1 heterocycles. The number of carbonyl (C=O) groups excluding carboxylic acids is 1. The summed E-state index contributed by atoms with van der Waals surface area (Å²) >= 11 is 0. The third-order valence-electron chi connectivity index (χ3n) is 2.34. The molecule has 21 heavy (non-hydrogen) atoms. The number of amides is 1. The molecule has 9 heteroatoms. The van der Waals surface area contributed by atoms with Crippen LogP contribution in [0.15, 0.2) is 30.5 Å². The first-order valence-electron chi connectivity index (χ1n) is 5.44. The molecule has 0 bridgehead atoms. The maximum atomic E-state index is 13.3. The van der Waals surface area contributed by atoms with Crippen molar-refractivity contribution in [2.45, 2.75) is 6.18 Å². The summed E-state index contributed by atoms with van der Waals surface area (Å²) in [6.07, 6.45) is -4.67. The van der Waals surface area contributed by atoms with Crippen LogP contribution in [0.3, 0.4) is 0 Å². The lowest BCUT2D eigenvalue weighted by Gasteiger charge is -2.08. The van der Waals surface area contributed by atoms with Crippen molar-refractivity contribution >= 4 is 11.6 Å². The normalized spacial score (nSPS) is 11.3. The van der Waals surface area contributed by atoms with Crippen molar-refractivity contribution in [3.8, 4) is 0 Å². The Balaban J connectivity index is 2.28. The van der Waals surface area contributed by atoms with Crippen molar-refractivity contribution in [2.75, 3.05) is 5.32 Å². The standard InChI is InChI=1S/C12H6F5N3O/c13-6-1-3-7(4-2-6)19-11(21)9-10(14)18-5-8(20-9)12(15,16)17/h1-5H,(H,19,21). The minimum atomic E-state index is -4.86. The number of halogens is 5. The van der Waals surface area contributed by atoms with Gasteiger partial charge in [0.2, 0.25) is 5.95 Å². The van der Waals surface area contributed by atoms with Crippen molar-refractivity contribution < 1.29 is 26.7 Å². The summed E-state index contributed by atoms with van der Waals surface area (Å²) in [7, 11) is 0. The highest BCUT2D eigenvalue weighted by atomic mass is 19.4. The molecule has 0 spiro atoms. The number of anilines is 1. The number of rotatable bonds is 2. The second kappa shape index (κ2) is 5.43. The number of hydrogen-bond donors (Lipinski definition) is 1. The first-order valence-corrected chi connectivity index (χ1v) is 5.44. The van der Waals surface area contributed by atoms with Gasteiger partial charge in [-0.2, -0.15) is 17.6 Å². The van der Waals surface area contributed by atoms with Crippen molar-refractivity contribution in [2.24, 2.45) is 0 Å². The van der Waals surface area contributed by atoms with E-state index in [9.17, 15) is 26.7 Å². The van der Waals surface area contributed by atoms with E-state index < -0.39 is 35.2 Å². The van der Waals surface area contributed by atoms with Gasteiger partial charge in [0, 0.05) is 5.69 Å². The fourth-order valence-electron chi connectivity index (χ4n) is 1.38. The highest BCUT2D eigenvalue weighted by molar-refractivity contribution is 6.02. The smallest absolute Gasteiger partial charge is 0.321 e. The number of hydrogen-bond acceptors (Lipinski definition) is 3. The molecule has 1 N–H and O–H groups in total. The zero-order valence-corrected chi connectivity index (χ0v) is 10.1. The number of aromatic nitrogens is 2. The van der Waals surface area contributed by atoms with Crippen LogP contribution >= 0.6 is 0 Å². The van der Waals surface area contributed by atoms with E-state index in [4.69, 9.17) is 0 Å². The molecule has 2 rings (SSSR count). The highest BCUT2D eigenvalue weighted by Crippen LogP contribution is 2.27. The second-order valence-electron chi connectivity index (χ2n) is 3.85.